The Morgan fingerprint density at radius 1 is 0.518 bits per heavy atom. The SMILES string of the molecule is CCCCCCCCCCCCCCCCOc1ccc(-c2ccc(C(=O)Oc3ccc4cc([C@H](C)C(=O)OC(CCCC)CCCC)ccc4c3)cc2)cc1. The van der Waals surface area contributed by atoms with Crippen molar-refractivity contribution in [3.63, 3.8) is 0 Å². The first-order chi connectivity index (χ1) is 27.4. The second-order valence-corrected chi connectivity index (χ2v) is 15.8. The highest BCUT2D eigenvalue weighted by atomic mass is 16.5. The van der Waals surface area contributed by atoms with E-state index in [1.165, 1.54) is 83.5 Å². The van der Waals surface area contributed by atoms with Crippen molar-refractivity contribution in [1.29, 1.82) is 0 Å². The second kappa shape index (κ2) is 25.9. The van der Waals surface area contributed by atoms with E-state index in [1.807, 2.05) is 61.5 Å². The molecule has 0 N–H and O–H groups in total. The first kappa shape index (κ1) is 44.6. The van der Waals surface area contributed by atoms with E-state index in [2.05, 4.69) is 32.9 Å². The summed E-state index contributed by atoms with van der Waals surface area (Å²) in [7, 11) is 0. The van der Waals surface area contributed by atoms with Crippen molar-refractivity contribution >= 4 is 22.7 Å². The molecule has 0 bridgehead atoms. The van der Waals surface area contributed by atoms with Gasteiger partial charge in [0.2, 0.25) is 0 Å². The molecule has 56 heavy (non-hydrogen) atoms. The molecule has 1 atom stereocenters. The summed E-state index contributed by atoms with van der Waals surface area (Å²) in [6.45, 7) is 9.27. The minimum atomic E-state index is -0.406. The van der Waals surface area contributed by atoms with Gasteiger partial charge in [0.25, 0.3) is 0 Å². The number of unbranched alkanes of at least 4 members (excludes halogenated alkanes) is 15. The van der Waals surface area contributed by atoms with E-state index >= 15 is 0 Å². The standard InChI is InChI=1S/C51H70O5/c1-5-8-11-12-13-14-15-16-17-18-19-20-21-22-37-54-47-34-31-42(32-35-47)41-25-27-43(28-26-41)51(53)56-49-36-33-45-38-44(29-30-46(45)39-49)40(4)50(52)55-48(23-9-6-2)24-10-7-3/h25-36,38-40,48H,5-24,37H2,1-4H3/t40-/m0/s1. The van der Waals surface area contributed by atoms with Crippen molar-refractivity contribution in [2.45, 2.75) is 168 Å². The van der Waals surface area contributed by atoms with Crippen LogP contribution in [0.4, 0.5) is 0 Å². The molecule has 0 unspecified atom stereocenters. The van der Waals surface area contributed by atoms with E-state index in [0.717, 1.165) is 84.8 Å². The summed E-state index contributed by atoms with van der Waals surface area (Å²) in [4.78, 5) is 26.1. The molecule has 4 aromatic rings. The molecular weight excluding hydrogens is 693 g/mol. The number of rotatable bonds is 28. The second-order valence-electron chi connectivity index (χ2n) is 15.8. The van der Waals surface area contributed by atoms with Gasteiger partial charge < -0.3 is 14.2 Å². The maximum atomic E-state index is 13.1. The normalized spacial score (nSPS) is 11.9. The molecule has 0 radical (unpaired) electrons. The first-order valence-electron chi connectivity index (χ1n) is 22.2. The number of hydrogen-bond acceptors (Lipinski definition) is 5. The molecule has 0 fully saturated rings. The quantitative estimate of drug-likeness (QED) is 0.0328. The minimum absolute atomic E-state index is 0.0151. The summed E-state index contributed by atoms with van der Waals surface area (Å²) in [6, 6.07) is 27.2. The molecular formula is C51H70O5. The third-order valence-electron chi connectivity index (χ3n) is 11.0. The van der Waals surface area contributed by atoms with Gasteiger partial charge in [-0.15, -0.1) is 0 Å². The van der Waals surface area contributed by atoms with Crippen LogP contribution in [-0.4, -0.2) is 24.6 Å². The molecule has 0 amide bonds. The number of esters is 2. The zero-order chi connectivity index (χ0) is 39.8. The van der Waals surface area contributed by atoms with Crippen LogP contribution in [0, 0.1) is 0 Å². The lowest BCUT2D eigenvalue weighted by atomic mass is 9.97. The molecule has 0 aromatic heterocycles. The van der Waals surface area contributed by atoms with Crippen molar-refractivity contribution in [1.82, 2.24) is 0 Å². The monoisotopic (exact) mass is 763 g/mol. The molecule has 0 aliphatic carbocycles. The van der Waals surface area contributed by atoms with Crippen LogP contribution < -0.4 is 9.47 Å². The topological polar surface area (TPSA) is 61.8 Å². The lowest BCUT2D eigenvalue weighted by molar-refractivity contribution is -0.151. The number of fused-ring (bicyclic) bond motifs is 1. The molecule has 5 heteroatoms. The summed E-state index contributed by atoms with van der Waals surface area (Å²) in [5.41, 5.74) is 3.50. The van der Waals surface area contributed by atoms with Crippen molar-refractivity contribution < 1.29 is 23.8 Å². The Labute approximate surface area is 338 Å². The van der Waals surface area contributed by atoms with E-state index in [4.69, 9.17) is 14.2 Å². The lowest BCUT2D eigenvalue weighted by Crippen LogP contribution is -2.22. The molecule has 0 saturated heterocycles. The van der Waals surface area contributed by atoms with Crippen molar-refractivity contribution in [3.8, 4) is 22.6 Å². The predicted octanol–water partition coefficient (Wildman–Crippen LogP) is 15.0. The Kier molecular flexibility index (Phi) is 20.6. The predicted molar refractivity (Wildman–Crippen MR) is 234 cm³/mol. The largest absolute Gasteiger partial charge is 0.494 e. The molecule has 5 nitrogen and oxygen atoms in total. The minimum Gasteiger partial charge on any atom is -0.494 e. The Hall–Kier alpha value is -4.12. The van der Waals surface area contributed by atoms with Gasteiger partial charge in [-0.2, -0.15) is 0 Å². The average molecular weight is 763 g/mol. The Morgan fingerprint density at radius 2 is 1.00 bits per heavy atom. The van der Waals surface area contributed by atoms with Gasteiger partial charge in [0.1, 0.15) is 17.6 Å². The van der Waals surface area contributed by atoms with E-state index < -0.39 is 5.97 Å². The van der Waals surface area contributed by atoms with E-state index in [-0.39, 0.29) is 18.0 Å². The highest BCUT2D eigenvalue weighted by Crippen LogP contribution is 2.28. The number of ether oxygens (including phenoxy) is 3. The molecule has 0 aliphatic rings. The third-order valence-corrected chi connectivity index (χ3v) is 11.0. The Bertz CT molecular complexity index is 1680. The van der Waals surface area contributed by atoms with Crippen LogP contribution in [0.5, 0.6) is 11.5 Å². The van der Waals surface area contributed by atoms with Gasteiger partial charge in [-0.3, -0.25) is 4.79 Å². The maximum Gasteiger partial charge on any atom is 0.343 e. The van der Waals surface area contributed by atoms with Crippen LogP contribution >= 0.6 is 0 Å². The molecule has 0 aliphatic heterocycles. The summed E-state index contributed by atoms with van der Waals surface area (Å²) in [5, 5.41) is 1.91. The molecule has 0 heterocycles. The van der Waals surface area contributed by atoms with Crippen LogP contribution in [0.25, 0.3) is 21.9 Å². The average Bonchev–Trinajstić information content (AvgIpc) is 3.23. The molecule has 4 aromatic carbocycles. The van der Waals surface area contributed by atoms with Crippen LogP contribution in [0.1, 0.15) is 178 Å². The van der Waals surface area contributed by atoms with Gasteiger partial charge >= 0.3 is 11.9 Å². The van der Waals surface area contributed by atoms with Crippen LogP contribution in [0.15, 0.2) is 84.9 Å². The fourth-order valence-corrected chi connectivity index (χ4v) is 7.30. The van der Waals surface area contributed by atoms with E-state index in [9.17, 15) is 9.59 Å². The van der Waals surface area contributed by atoms with Gasteiger partial charge in [-0.25, -0.2) is 4.79 Å². The zero-order valence-electron chi connectivity index (χ0n) is 35.1. The summed E-state index contributed by atoms with van der Waals surface area (Å²) in [5.74, 6) is 0.430. The smallest absolute Gasteiger partial charge is 0.343 e. The number of hydrogen-bond donors (Lipinski definition) is 0. The van der Waals surface area contributed by atoms with Crippen LogP contribution in [0.2, 0.25) is 0 Å². The Morgan fingerprint density at radius 3 is 1.57 bits per heavy atom. The van der Waals surface area contributed by atoms with Crippen LogP contribution in [-0.2, 0) is 9.53 Å². The number of benzene rings is 4. The van der Waals surface area contributed by atoms with Crippen LogP contribution in [0.3, 0.4) is 0 Å². The third kappa shape index (κ3) is 15.8. The highest BCUT2D eigenvalue weighted by molar-refractivity contribution is 5.93. The number of carbonyl (C=O) groups excluding carboxylic acids is 2. The van der Waals surface area contributed by atoms with E-state index in [0.29, 0.717) is 11.3 Å². The van der Waals surface area contributed by atoms with Crippen molar-refractivity contribution in [3.05, 3.63) is 96.1 Å². The summed E-state index contributed by atoms with van der Waals surface area (Å²) in [6.07, 6.45) is 25.1. The fraction of sp³-hybridized carbons (Fsp3) is 0.529. The van der Waals surface area contributed by atoms with Gasteiger partial charge in [-0.1, -0.05) is 178 Å². The fourth-order valence-electron chi connectivity index (χ4n) is 7.30. The maximum absolute atomic E-state index is 13.1. The highest BCUT2D eigenvalue weighted by Gasteiger charge is 2.21. The van der Waals surface area contributed by atoms with Gasteiger partial charge in [0.05, 0.1) is 18.1 Å². The summed E-state index contributed by atoms with van der Waals surface area (Å²) < 4.78 is 17.8. The number of carbonyl (C=O) groups is 2. The van der Waals surface area contributed by atoms with Gasteiger partial charge in [-0.05, 0) is 90.0 Å². The zero-order valence-corrected chi connectivity index (χ0v) is 35.1. The van der Waals surface area contributed by atoms with Crippen molar-refractivity contribution in [2.75, 3.05) is 6.61 Å². The molecule has 0 spiro atoms. The molecule has 0 saturated carbocycles. The summed E-state index contributed by atoms with van der Waals surface area (Å²) >= 11 is 0. The van der Waals surface area contributed by atoms with E-state index in [1.54, 1.807) is 18.2 Å². The lowest BCUT2D eigenvalue weighted by Gasteiger charge is -2.20. The Balaban J connectivity index is 1.16. The van der Waals surface area contributed by atoms with Gasteiger partial charge in [0.15, 0.2) is 0 Å². The molecule has 304 valence electrons. The first-order valence-corrected chi connectivity index (χ1v) is 22.2. The molecule has 4 rings (SSSR count). The van der Waals surface area contributed by atoms with Crippen molar-refractivity contribution in [2.24, 2.45) is 0 Å². The van der Waals surface area contributed by atoms with Gasteiger partial charge in [0, 0.05) is 0 Å².